The Morgan fingerprint density at radius 3 is 2.72 bits per heavy atom. The maximum absolute atomic E-state index is 13.6. The van der Waals surface area contributed by atoms with Gasteiger partial charge in [0.05, 0.1) is 4.92 Å². The quantitative estimate of drug-likeness (QED) is 0.511. The summed E-state index contributed by atoms with van der Waals surface area (Å²) < 4.78 is 26.7. The van der Waals surface area contributed by atoms with Crippen LogP contribution in [0.5, 0.6) is 0 Å². The maximum atomic E-state index is 13.6. The lowest BCUT2D eigenvalue weighted by molar-refractivity contribution is -0.384. The van der Waals surface area contributed by atoms with Crippen LogP contribution in [0.3, 0.4) is 0 Å². The zero-order chi connectivity index (χ0) is 13.1. The Labute approximate surface area is 102 Å². The summed E-state index contributed by atoms with van der Waals surface area (Å²) in [4.78, 5) is 10.1. The van der Waals surface area contributed by atoms with Gasteiger partial charge in [0, 0.05) is 12.1 Å². The van der Waals surface area contributed by atoms with E-state index in [0.29, 0.717) is 6.42 Å². The molecule has 6 heteroatoms. The smallest absolute Gasteiger partial charge is 0.295 e. The number of anilines is 1. The first-order valence-corrected chi connectivity index (χ1v) is 5.63. The molecule has 0 heterocycles. The highest BCUT2D eigenvalue weighted by atomic mass is 19.2. The standard InChI is InChI=1S/C12H12F2N2O2/c13-9-6-7-10(16(17)18)12(11(9)14)15-8-4-2-1-3-5-8/h1-2,6-8,15H,3-5H2. The van der Waals surface area contributed by atoms with Gasteiger partial charge < -0.3 is 5.32 Å². The second-order valence-electron chi connectivity index (χ2n) is 4.14. The molecular formula is C12H12F2N2O2. The normalized spacial score (nSPS) is 18.7. The minimum Gasteiger partial charge on any atom is -0.374 e. The second kappa shape index (κ2) is 5.12. The molecule has 0 aromatic heterocycles. The first kappa shape index (κ1) is 12.5. The molecule has 0 spiro atoms. The highest BCUT2D eigenvalue weighted by Crippen LogP contribution is 2.31. The van der Waals surface area contributed by atoms with Crippen LogP contribution in [0.1, 0.15) is 19.3 Å². The third-order valence-electron chi connectivity index (χ3n) is 2.89. The SMILES string of the molecule is O=[N+]([O-])c1ccc(F)c(F)c1NC1CC=CCC1. The summed E-state index contributed by atoms with van der Waals surface area (Å²) in [5.41, 5.74) is -0.802. The molecular weight excluding hydrogens is 242 g/mol. The van der Waals surface area contributed by atoms with Crippen LogP contribution < -0.4 is 5.32 Å². The molecule has 0 aliphatic heterocycles. The van der Waals surface area contributed by atoms with Gasteiger partial charge in [0.2, 0.25) is 0 Å². The number of hydrogen-bond donors (Lipinski definition) is 1. The highest BCUT2D eigenvalue weighted by Gasteiger charge is 2.23. The van der Waals surface area contributed by atoms with Crippen molar-refractivity contribution in [2.24, 2.45) is 0 Å². The number of nitro groups is 1. The summed E-state index contributed by atoms with van der Waals surface area (Å²) in [6.45, 7) is 0. The molecule has 1 atom stereocenters. The lowest BCUT2D eigenvalue weighted by Crippen LogP contribution is -2.22. The molecule has 0 bridgehead atoms. The van der Waals surface area contributed by atoms with Gasteiger partial charge >= 0.3 is 0 Å². The van der Waals surface area contributed by atoms with E-state index in [1.807, 2.05) is 12.2 Å². The number of halogens is 2. The zero-order valence-electron chi connectivity index (χ0n) is 9.53. The van der Waals surface area contributed by atoms with Crippen molar-refractivity contribution in [1.82, 2.24) is 0 Å². The average Bonchev–Trinajstić information content (AvgIpc) is 2.36. The van der Waals surface area contributed by atoms with Gasteiger partial charge in [-0.1, -0.05) is 12.2 Å². The van der Waals surface area contributed by atoms with Gasteiger partial charge in [-0.15, -0.1) is 0 Å². The molecule has 1 aliphatic carbocycles. The summed E-state index contributed by atoms with van der Waals surface area (Å²) in [5, 5.41) is 13.5. The van der Waals surface area contributed by atoms with Crippen LogP contribution in [-0.4, -0.2) is 11.0 Å². The van der Waals surface area contributed by atoms with Gasteiger partial charge in [0.1, 0.15) is 0 Å². The fourth-order valence-corrected chi connectivity index (χ4v) is 1.96. The van der Waals surface area contributed by atoms with E-state index in [1.54, 1.807) is 0 Å². The molecule has 1 N–H and O–H groups in total. The van der Waals surface area contributed by atoms with E-state index >= 15 is 0 Å². The van der Waals surface area contributed by atoms with Crippen molar-refractivity contribution in [1.29, 1.82) is 0 Å². The molecule has 1 aromatic rings. The monoisotopic (exact) mass is 254 g/mol. The number of allylic oxidation sites excluding steroid dienone is 1. The van der Waals surface area contributed by atoms with Gasteiger partial charge in [-0.25, -0.2) is 8.78 Å². The van der Waals surface area contributed by atoms with Crippen LogP contribution in [-0.2, 0) is 0 Å². The van der Waals surface area contributed by atoms with Crippen molar-refractivity contribution in [3.63, 3.8) is 0 Å². The van der Waals surface area contributed by atoms with Crippen molar-refractivity contribution < 1.29 is 13.7 Å². The van der Waals surface area contributed by atoms with Crippen molar-refractivity contribution in [3.05, 3.63) is 46.0 Å². The largest absolute Gasteiger partial charge is 0.374 e. The Balaban J connectivity index is 2.32. The van der Waals surface area contributed by atoms with E-state index in [9.17, 15) is 18.9 Å². The number of nitrogens with zero attached hydrogens (tertiary/aromatic N) is 1. The van der Waals surface area contributed by atoms with E-state index < -0.39 is 22.2 Å². The van der Waals surface area contributed by atoms with Crippen molar-refractivity contribution in [2.45, 2.75) is 25.3 Å². The fraction of sp³-hybridized carbons (Fsp3) is 0.333. The van der Waals surface area contributed by atoms with E-state index in [0.717, 1.165) is 25.0 Å². The second-order valence-corrected chi connectivity index (χ2v) is 4.14. The molecule has 1 unspecified atom stereocenters. The Kier molecular flexibility index (Phi) is 3.55. The predicted octanol–water partition coefficient (Wildman–Crippen LogP) is 3.39. The molecule has 0 amide bonds. The number of hydrogen-bond acceptors (Lipinski definition) is 3. The van der Waals surface area contributed by atoms with Gasteiger partial charge in [-0.05, 0) is 25.3 Å². The van der Waals surface area contributed by atoms with E-state index in [4.69, 9.17) is 0 Å². The Morgan fingerprint density at radius 1 is 1.33 bits per heavy atom. The minimum atomic E-state index is -1.20. The summed E-state index contributed by atoms with van der Waals surface area (Å²) in [6.07, 6.45) is 6.12. The lowest BCUT2D eigenvalue weighted by atomic mass is 10.0. The molecule has 0 fully saturated rings. The molecule has 1 aliphatic rings. The lowest BCUT2D eigenvalue weighted by Gasteiger charge is -2.20. The molecule has 2 rings (SSSR count). The Hall–Kier alpha value is -1.98. The third kappa shape index (κ3) is 2.47. The van der Waals surface area contributed by atoms with Gasteiger partial charge in [0.15, 0.2) is 17.3 Å². The first-order chi connectivity index (χ1) is 8.59. The molecule has 18 heavy (non-hydrogen) atoms. The summed E-state index contributed by atoms with van der Waals surface area (Å²) in [6, 6.07) is 1.63. The van der Waals surface area contributed by atoms with E-state index in [2.05, 4.69) is 5.32 Å². The van der Waals surface area contributed by atoms with Gasteiger partial charge in [-0.3, -0.25) is 10.1 Å². The van der Waals surface area contributed by atoms with Crippen molar-refractivity contribution >= 4 is 11.4 Å². The van der Waals surface area contributed by atoms with Gasteiger partial charge in [0.25, 0.3) is 5.69 Å². The van der Waals surface area contributed by atoms with Crippen molar-refractivity contribution in [3.8, 4) is 0 Å². The molecule has 0 saturated heterocycles. The Bertz CT molecular complexity index is 503. The van der Waals surface area contributed by atoms with Crippen molar-refractivity contribution in [2.75, 3.05) is 5.32 Å². The molecule has 96 valence electrons. The van der Waals surface area contributed by atoms with Crippen LogP contribution in [0.2, 0.25) is 0 Å². The highest BCUT2D eigenvalue weighted by molar-refractivity contribution is 5.63. The van der Waals surface area contributed by atoms with Gasteiger partial charge in [-0.2, -0.15) is 0 Å². The van der Waals surface area contributed by atoms with Crippen LogP contribution in [0, 0.1) is 21.7 Å². The number of benzene rings is 1. The fourth-order valence-electron chi connectivity index (χ4n) is 1.96. The van der Waals surface area contributed by atoms with E-state index in [-0.39, 0.29) is 11.7 Å². The summed E-state index contributed by atoms with van der Waals surface area (Å²) in [5.74, 6) is -2.28. The summed E-state index contributed by atoms with van der Waals surface area (Å²) >= 11 is 0. The van der Waals surface area contributed by atoms with Crippen LogP contribution in [0.15, 0.2) is 24.3 Å². The first-order valence-electron chi connectivity index (χ1n) is 5.63. The molecule has 4 nitrogen and oxygen atoms in total. The number of rotatable bonds is 3. The van der Waals surface area contributed by atoms with Crippen LogP contribution in [0.25, 0.3) is 0 Å². The minimum absolute atomic E-state index is 0.106. The molecule has 1 aromatic carbocycles. The van der Waals surface area contributed by atoms with Crippen LogP contribution >= 0.6 is 0 Å². The maximum Gasteiger partial charge on any atom is 0.295 e. The molecule has 0 radical (unpaired) electrons. The van der Waals surface area contributed by atoms with E-state index in [1.165, 1.54) is 0 Å². The number of nitrogens with one attached hydrogen (secondary N) is 1. The number of nitro benzene ring substituents is 1. The third-order valence-corrected chi connectivity index (χ3v) is 2.89. The zero-order valence-corrected chi connectivity index (χ0v) is 9.53. The summed E-state index contributed by atoms with van der Waals surface area (Å²) in [7, 11) is 0. The Morgan fingerprint density at radius 2 is 2.11 bits per heavy atom. The molecule has 0 saturated carbocycles. The topological polar surface area (TPSA) is 55.2 Å². The predicted molar refractivity (Wildman–Crippen MR) is 63.4 cm³/mol. The van der Waals surface area contributed by atoms with Crippen LogP contribution in [0.4, 0.5) is 20.2 Å². The average molecular weight is 254 g/mol.